The number of hydrogen-bond donors (Lipinski definition) is 1. The highest BCUT2D eigenvalue weighted by Gasteiger charge is 2.36. The summed E-state index contributed by atoms with van der Waals surface area (Å²) in [5.41, 5.74) is 0.559. The molecule has 2 heteroatoms. The number of nitrogens with one attached hydrogen (secondary N) is 1. The highest BCUT2D eigenvalue weighted by Crippen LogP contribution is 2.40. The Labute approximate surface area is 126 Å². The minimum Gasteiger partial charge on any atom is -0.316 e. The molecule has 2 aliphatic rings. The molecule has 2 nitrogen and oxygen atoms in total. The third kappa shape index (κ3) is 4.46. The second-order valence-electron chi connectivity index (χ2n) is 7.63. The third-order valence-corrected chi connectivity index (χ3v) is 5.67. The van der Waals surface area contributed by atoms with Gasteiger partial charge in [0.1, 0.15) is 0 Å². The van der Waals surface area contributed by atoms with Gasteiger partial charge in [-0.25, -0.2) is 0 Å². The van der Waals surface area contributed by atoms with Crippen LogP contribution in [0.25, 0.3) is 0 Å². The average molecular weight is 280 g/mol. The van der Waals surface area contributed by atoms with Crippen molar-refractivity contribution >= 4 is 0 Å². The van der Waals surface area contributed by atoms with E-state index in [1.54, 1.807) is 0 Å². The maximum Gasteiger partial charge on any atom is 0.00504 e. The van der Waals surface area contributed by atoms with Gasteiger partial charge in [0.05, 0.1) is 0 Å². The topological polar surface area (TPSA) is 15.3 Å². The maximum absolute atomic E-state index is 3.67. The molecule has 1 aliphatic heterocycles. The molecule has 3 unspecified atom stereocenters. The van der Waals surface area contributed by atoms with E-state index >= 15 is 0 Å². The van der Waals surface area contributed by atoms with Crippen LogP contribution < -0.4 is 5.32 Å². The molecule has 0 bridgehead atoms. The van der Waals surface area contributed by atoms with Crippen LogP contribution in [-0.4, -0.2) is 37.6 Å². The lowest BCUT2D eigenvalue weighted by Crippen LogP contribution is -2.49. The first kappa shape index (κ1) is 16.3. The van der Waals surface area contributed by atoms with E-state index in [-0.39, 0.29) is 0 Å². The molecule has 2 fully saturated rings. The van der Waals surface area contributed by atoms with Crippen LogP contribution in [0, 0.1) is 17.3 Å². The number of rotatable bonds is 6. The molecular weight excluding hydrogens is 244 g/mol. The Bertz CT molecular complexity index is 279. The molecule has 3 atom stereocenters. The normalized spacial score (nSPS) is 36.1. The lowest BCUT2D eigenvalue weighted by Gasteiger charge is -2.45. The molecule has 2 rings (SSSR count). The lowest BCUT2D eigenvalue weighted by atomic mass is 9.69. The number of likely N-dealkylation sites (tertiary alicyclic amines) is 1. The van der Waals surface area contributed by atoms with Crippen molar-refractivity contribution in [3.63, 3.8) is 0 Å². The molecule has 20 heavy (non-hydrogen) atoms. The van der Waals surface area contributed by atoms with E-state index in [4.69, 9.17) is 0 Å². The van der Waals surface area contributed by atoms with Gasteiger partial charge in [0, 0.05) is 19.6 Å². The summed E-state index contributed by atoms with van der Waals surface area (Å²) in [6.07, 6.45) is 10.0. The van der Waals surface area contributed by atoms with Gasteiger partial charge in [-0.05, 0) is 56.0 Å². The van der Waals surface area contributed by atoms with E-state index in [1.165, 1.54) is 71.1 Å². The SMILES string of the molecule is CCNCC1(CN2CCCC(CC)C2)CCCC(C)C1. The van der Waals surface area contributed by atoms with Crippen molar-refractivity contribution in [1.29, 1.82) is 0 Å². The van der Waals surface area contributed by atoms with Gasteiger partial charge >= 0.3 is 0 Å². The van der Waals surface area contributed by atoms with E-state index in [9.17, 15) is 0 Å². The van der Waals surface area contributed by atoms with Gasteiger partial charge in [0.15, 0.2) is 0 Å². The molecule has 1 heterocycles. The van der Waals surface area contributed by atoms with Crippen LogP contribution in [0.3, 0.4) is 0 Å². The van der Waals surface area contributed by atoms with Gasteiger partial charge in [-0.3, -0.25) is 0 Å². The smallest absolute Gasteiger partial charge is 0.00504 e. The second-order valence-corrected chi connectivity index (χ2v) is 7.63. The number of hydrogen-bond acceptors (Lipinski definition) is 2. The van der Waals surface area contributed by atoms with Crippen LogP contribution in [0.4, 0.5) is 0 Å². The summed E-state index contributed by atoms with van der Waals surface area (Å²) in [5.74, 6) is 1.88. The highest BCUT2D eigenvalue weighted by molar-refractivity contribution is 4.91. The first-order valence-corrected chi connectivity index (χ1v) is 9.10. The molecular formula is C18H36N2. The standard InChI is InChI=1S/C18H36N2/c1-4-17-9-7-11-20(13-17)15-18(14-19-5-2)10-6-8-16(3)12-18/h16-17,19H,4-15H2,1-3H3. The zero-order valence-electron chi connectivity index (χ0n) is 14.1. The van der Waals surface area contributed by atoms with Crippen LogP contribution in [0.2, 0.25) is 0 Å². The van der Waals surface area contributed by atoms with Crippen LogP contribution in [0.1, 0.15) is 65.7 Å². The van der Waals surface area contributed by atoms with Crippen molar-refractivity contribution in [2.75, 3.05) is 32.7 Å². The Hall–Kier alpha value is -0.0800. The van der Waals surface area contributed by atoms with E-state index in [2.05, 4.69) is 31.0 Å². The summed E-state index contributed by atoms with van der Waals surface area (Å²) in [6.45, 7) is 13.5. The summed E-state index contributed by atoms with van der Waals surface area (Å²) < 4.78 is 0. The predicted octanol–water partition coefficient (Wildman–Crippen LogP) is 3.91. The van der Waals surface area contributed by atoms with Crippen molar-refractivity contribution in [1.82, 2.24) is 10.2 Å². The molecule has 118 valence electrons. The largest absolute Gasteiger partial charge is 0.316 e. The van der Waals surface area contributed by atoms with Crippen molar-refractivity contribution in [3.05, 3.63) is 0 Å². The van der Waals surface area contributed by atoms with E-state index in [0.717, 1.165) is 18.4 Å². The molecule has 1 N–H and O–H groups in total. The lowest BCUT2D eigenvalue weighted by molar-refractivity contribution is 0.0567. The molecule has 0 aromatic rings. The minimum absolute atomic E-state index is 0.559. The molecule has 0 aromatic heterocycles. The fraction of sp³-hybridized carbons (Fsp3) is 1.00. The molecule has 1 saturated heterocycles. The Morgan fingerprint density at radius 2 is 2.05 bits per heavy atom. The second kappa shape index (κ2) is 7.79. The predicted molar refractivity (Wildman–Crippen MR) is 88.1 cm³/mol. The monoisotopic (exact) mass is 280 g/mol. The van der Waals surface area contributed by atoms with Crippen LogP contribution in [0.15, 0.2) is 0 Å². The molecule has 0 spiro atoms. The van der Waals surface area contributed by atoms with Gasteiger partial charge < -0.3 is 10.2 Å². The Morgan fingerprint density at radius 1 is 1.20 bits per heavy atom. The Morgan fingerprint density at radius 3 is 2.75 bits per heavy atom. The van der Waals surface area contributed by atoms with Gasteiger partial charge in [-0.2, -0.15) is 0 Å². The van der Waals surface area contributed by atoms with Crippen LogP contribution >= 0.6 is 0 Å². The van der Waals surface area contributed by atoms with E-state index < -0.39 is 0 Å². The quantitative estimate of drug-likeness (QED) is 0.793. The van der Waals surface area contributed by atoms with Gasteiger partial charge in [-0.15, -0.1) is 0 Å². The summed E-state index contributed by atoms with van der Waals surface area (Å²) in [6, 6.07) is 0. The summed E-state index contributed by atoms with van der Waals surface area (Å²) in [5, 5.41) is 3.67. The van der Waals surface area contributed by atoms with Crippen LogP contribution in [-0.2, 0) is 0 Å². The fourth-order valence-corrected chi connectivity index (χ4v) is 4.62. The summed E-state index contributed by atoms with van der Waals surface area (Å²) >= 11 is 0. The van der Waals surface area contributed by atoms with Gasteiger partial charge in [0.25, 0.3) is 0 Å². The highest BCUT2D eigenvalue weighted by atomic mass is 15.1. The molecule has 0 radical (unpaired) electrons. The van der Waals surface area contributed by atoms with Crippen molar-refractivity contribution in [2.24, 2.45) is 17.3 Å². The van der Waals surface area contributed by atoms with E-state index in [0.29, 0.717) is 5.41 Å². The van der Waals surface area contributed by atoms with Crippen LogP contribution in [0.5, 0.6) is 0 Å². The number of nitrogens with zero attached hydrogens (tertiary/aromatic N) is 1. The maximum atomic E-state index is 3.67. The Balaban J connectivity index is 1.95. The van der Waals surface area contributed by atoms with Crippen molar-refractivity contribution in [3.8, 4) is 0 Å². The molecule has 0 amide bonds. The zero-order valence-corrected chi connectivity index (χ0v) is 14.1. The van der Waals surface area contributed by atoms with Crippen molar-refractivity contribution < 1.29 is 0 Å². The molecule has 1 saturated carbocycles. The summed E-state index contributed by atoms with van der Waals surface area (Å²) in [4.78, 5) is 2.80. The fourth-order valence-electron chi connectivity index (χ4n) is 4.62. The summed E-state index contributed by atoms with van der Waals surface area (Å²) in [7, 11) is 0. The molecule has 0 aromatic carbocycles. The Kier molecular flexibility index (Phi) is 6.35. The first-order chi connectivity index (χ1) is 9.67. The van der Waals surface area contributed by atoms with Gasteiger partial charge in [-0.1, -0.05) is 40.0 Å². The minimum atomic E-state index is 0.559. The first-order valence-electron chi connectivity index (χ1n) is 9.10. The van der Waals surface area contributed by atoms with Crippen molar-refractivity contribution in [2.45, 2.75) is 65.7 Å². The average Bonchev–Trinajstić information content (AvgIpc) is 2.45. The molecule has 1 aliphatic carbocycles. The van der Waals surface area contributed by atoms with Gasteiger partial charge in [0.2, 0.25) is 0 Å². The number of piperidine rings is 1. The van der Waals surface area contributed by atoms with E-state index in [1.807, 2.05) is 0 Å². The third-order valence-electron chi connectivity index (χ3n) is 5.67. The zero-order chi connectivity index (χ0) is 14.4.